The number of nitrogens with zero attached hydrogens (tertiary/aromatic N) is 3. The lowest BCUT2D eigenvalue weighted by Gasteiger charge is -2.40. The molecule has 1 saturated heterocycles. The van der Waals surface area contributed by atoms with Gasteiger partial charge in [-0.25, -0.2) is 9.97 Å². The number of esters is 1. The third-order valence-corrected chi connectivity index (χ3v) is 3.62. The molecule has 1 fully saturated rings. The molecule has 115 valence electrons. The summed E-state index contributed by atoms with van der Waals surface area (Å²) < 4.78 is 44.7. The zero-order chi connectivity index (χ0) is 15.5. The van der Waals surface area contributed by atoms with Crippen LogP contribution in [0.1, 0.15) is 19.8 Å². The zero-order valence-corrected chi connectivity index (χ0v) is 11.5. The van der Waals surface area contributed by atoms with Gasteiger partial charge in [-0.3, -0.25) is 4.79 Å². The highest BCUT2D eigenvalue weighted by molar-refractivity contribution is 5.78. The van der Waals surface area contributed by atoms with Crippen LogP contribution in [0.2, 0.25) is 0 Å². The quantitative estimate of drug-likeness (QED) is 0.799. The molecule has 0 aromatic carbocycles. The molecule has 2 rings (SSSR count). The summed E-state index contributed by atoms with van der Waals surface area (Å²) in [6.07, 6.45) is -2.55. The molecule has 0 spiro atoms. The van der Waals surface area contributed by atoms with Gasteiger partial charge in [0.15, 0.2) is 5.41 Å². The fourth-order valence-corrected chi connectivity index (χ4v) is 2.38. The van der Waals surface area contributed by atoms with E-state index in [-0.39, 0.29) is 32.5 Å². The van der Waals surface area contributed by atoms with Crippen molar-refractivity contribution in [2.24, 2.45) is 5.41 Å². The molecule has 21 heavy (non-hydrogen) atoms. The Hall–Kier alpha value is -1.86. The van der Waals surface area contributed by atoms with E-state index in [1.165, 1.54) is 19.3 Å². The molecule has 8 heteroatoms. The average molecular weight is 302 g/mol. The van der Waals surface area contributed by atoms with Crippen molar-refractivity contribution in [1.82, 2.24) is 9.97 Å². The van der Waals surface area contributed by atoms with E-state index in [2.05, 4.69) is 20.8 Å². The standard InChI is InChI=1S/C13H15F3N3O2/c1-2-21-10(20)12(13(14,15)16)4-8-19(9-5-12)11-17-6-3-7-18-11/h6-7H,2,4-5,8-9H2,1H3. The smallest absolute Gasteiger partial charge is 0.405 e. The van der Waals surface area contributed by atoms with Crippen LogP contribution in [0.5, 0.6) is 0 Å². The van der Waals surface area contributed by atoms with Gasteiger partial charge in [0, 0.05) is 31.5 Å². The zero-order valence-electron chi connectivity index (χ0n) is 11.5. The molecule has 1 radical (unpaired) electrons. The van der Waals surface area contributed by atoms with Crippen molar-refractivity contribution in [1.29, 1.82) is 0 Å². The summed E-state index contributed by atoms with van der Waals surface area (Å²) in [6, 6.07) is 2.64. The van der Waals surface area contributed by atoms with Gasteiger partial charge in [0.05, 0.1) is 6.61 Å². The van der Waals surface area contributed by atoms with Crippen molar-refractivity contribution in [2.75, 3.05) is 24.6 Å². The van der Waals surface area contributed by atoms with Crippen LogP contribution in [-0.2, 0) is 9.53 Å². The normalized spacial score (nSPS) is 18.4. The summed E-state index contributed by atoms with van der Waals surface area (Å²) in [7, 11) is 0. The number of piperidine rings is 1. The average Bonchev–Trinajstić information content (AvgIpc) is 2.47. The van der Waals surface area contributed by atoms with Crippen LogP contribution in [0.3, 0.4) is 0 Å². The number of carbonyl (C=O) groups is 1. The second-order valence-electron chi connectivity index (χ2n) is 4.77. The number of carbonyl (C=O) groups excluding carboxylic acids is 1. The Balaban J connectivity index is 2.16. The van der Waals surface area contributed by atoms with Gasteiger partial charge in [0.1, 0.15) is 0 Å². The van der Waals surface area contributed by atoms with Crippen LogP contribution in [0.25, 0.3) is 0 Å². The van der Waals surface area contributed by atoms with E-state index >= 15 is 0 Å². The fourth-order valence-electron chi connectivity index (χ4n) is 2.38. The van der Waals surface area contributed by atoms with Crippen LogP contribution in [0, 0.1) is 11.5 Å². The van der Waals surface area contributed by atoms with E-state index in [0.29, 0.717) is 5.95 Å². The molecule has 5 nitrogen and oxygen atoms in total. The predicted molar refractivity (Wildman–Crippen MR) is 67.4 cm³/mol. The first-order chi connectivity index (χ1) is 9.90. The van der Waals surface area contributed by atoms with Gasteiger partial charge in [-0.15, -0.1) is 0 Å². The number of alkyl halides is 3. The van der Waals surface area contributed by atoms with Crippen LogP contribution < -0.4 is 4.90 Å². The lowest BCUT2D eigenvalue weighted by atomic mass is 9.77. The lowest BCUT2D eigenvalue weighted by Crippen LogP contribution is -2.53. The highest BCUT2D eigenvalue weighted by Crippen LogP contribution is 2.47. The van der Waals surface area contributed by atoms with Crippen molar-refractivity contribution >= 4 is 11.9 Å². The Morgan fingerprint density at radius 3 is 2.43 bits per heavy atom. The Bertz CT molecular complexity index is 485. The highest BCUT2D eigenvalue weighted by atomic mass is 19.4. The molecule has 2 heterocycles. The molecule has 1 aromatic heterocycles. The first-order valence-corrected chi connectivity index (χ1v) is 6.58. The summed E-state index contributed by atoms with van der Waals surface area (Å²) in [5.41, 5.74) is -2.43. The Morgan fingerprint density at radius 2 is 1.95 bits per heavy atom. The van der Waals surface area contributed by atoms with Crippen molar-refractivity contribution < 1.29 is 22.7 Å². The molecule has 0 bridgehead atoms. The Morgan fingerprint density at radius 1 is 1.38 bits per heavy atom. The van der Waals surface area contributed by atoms with Crippen LogP contribution in [0.4, 0.5) is 19.1 Å². The summed E-state index contributed by atoms with van der Waals surface area (Å²) in [6.45, 7) is 1.51. The van der Waals surface area contributed by atoms with Gasteiger partial charge in [-0.1, -0.05) is 0 Å². The Labute approximate surface area is 120 Å². The topological polar surface area (TPSA) is 55.3 Å². The summed E-state index contributed by atoms with van der Waals surface area (Å²) in [4.78, 5) is 21.3. The van der Waals surface area contributed by atoms with E-state index < -0.39 is 17.6 Å². The number of halogens is 3. The molecule has 1 aromatic rings. The van der Waals surface area contributed by atoms with Crippen molar-refractivity contribution in [2.45, 2.75) is 25.9 Å². The molecular formula is C13H15F3N3O2. The number of anilines is 1. The van der Waals surface area contributed by atoms with Gasteiger partial charge < -0.3 is 9.64 Å². The number of aromatic nitrogens is 2. The van der Waals surface area contributed by atoms with Crippen LogP contribution in [0.15, 0.2) is 12.4 Å². The third-order valence-electron chi connectivity index (χ3n) is 3.62. The SMILES string of the molecule is CCOC(=O)C1(C(F)(F)F)CCN(c2nc[c]cn2)CC1. The minimum atomic E-state index is -4.63. The molecule has 0 aliphatic carbocycles. The fraction of sp³-hybridized carbons (Fsp3) is 0.615. The minimum Gasteiger partial charge on any atom is -0.465 e. The maximum absolute atomic E-state index is 13.3. The van der Waals surface area contributed by atoms with Gasteiger partial charge in [-0.05, 0) is 19.8 Å². The molecule has 1 aliphatic rings. The molecule has 1 aliphatic heterocycles. The first kappa shape index (κ1) is 15.5. The van der Waals surface area contributed by atoms with Crippen LogP contribution in [-0.4, -0.2) is 41.8 Å². The van der Waals surface area contributed by atoms with E-state index in [4.69, 9.17) is 0 Å². The summed E-state index contributed by atoms with van der Waals surface area (Å²) >= 11 is 0. The second-order valence-corrected chi connectivity index (χ2v) is 4.77. The molecule has 0 saturated carbocycles. The third kappa shape index (κ3) is 2.93. The maximum atomic E-state index is 13.3. The molecule has 0 atom stereocenters. The number of hydrogen-bond donors (Lipinski definition) is 0. The minimum absolute atomic E-state index is 0.0440. The lowest BCUT2D eigenvalue weighted by molar-refractivity contribution is -0.239. The first-order valence-electron chi connectivity index (χ1n) is 6.58. The predicted octanol–water partition coefficient (Wildman–Crippen LogP) is 1.99. The largest absolute Gasteiger partial charge is 0.465 e. The van der Waals surface area contributed by atoms with Crippen LogP contribution >= 0.6 is 0 Å². The number of rotatable bonds is 3. The molecule has 0 N–H and O–H groups in total. The van der Waals surface area contributed by atoms with Crippen molar-refractivity contribution in [3.8, 4) is 0 Å². The summed E-state index contributed by atoms with van der Waals surface area (Å²) in [5, 5.41) is 0. The van der Waals surface area contributed by atoms with Gasteiger partial charge in [0.2, 0.25) is 5.95 Å². The monoisotopic (exact) mass is 302 g/mol. The second kappa shape index (κ2) is 5.87. The van der Waals surface area contributed by atoms with E-state index in [9.17, 15) is 18.0 Å². The molecular weight excluding hydrogens is 287 g/mol. The molecule has 0 amide bonds. The van der Waals surface area contributed by atoms with Gasteiger partial charge >= 0.3 is 12.1 Å². The van der Waals surface area contributed by atoms with Gasteiger partial charge in [-0.2, -0.15) is 13.2 Å². The molecule has 0 unspecified atom stereocenters. The van der Waals surface area contributed by atoms with E-state index in [1.54, 1.807) is 4.90 Å². The van der Waals surface area contributed by atoms with Crippen molar-refractivity contribution in [3.63, 3.8) is 0 Å². The summed E-state index contributed by atoms with van der Waals surface area (Å²) in [5.74, 6) is -0.854. The van der Waals surface area contributed by atoms with E-state index in [1.807, 2.05) is 0 Å². The number of hydrogen-bond acceptors (Lipinski definition) is 5. The number of ether oxygens (including phenoxy) is 1. The highest BCUT2D eigenvalue weighted by Gasteiger charge is 2.62. The Kier molecular flexibility index (Phi) is 4.34. The van der Waals surface area contributed by atoms with Crippen molar-refractivity contribution in [3.05, 3.63) is 18.5 Å². The van der Waals surface area contributed by atoms with E-state index in [0.717, 1.165) is 0 Å². The van der Waals surface area contributed by atoms with Gasteiger partial charge in [0.25, 0.3) is 0 Å². The maximum Gasteiger partial charge on any atom is 0.405 e.